The normalized spacial score (nSPS) is 20.2. The Morgan fingerprint density at radius 3 is 2.41 bits per heavy atom. The highest BCUT2D eigenvalue weighted by Gasteiger charge is 2.23. The van der Waals surface area contributed by atoms with Crippen LogP contribution in [0.25, 0.3) is 6.08 Å². The van der Waals surface area contributed by atoms with Gasteiger partial charge in [-0.05, 0) is 49.1 Å². The van der Waals surface area contributed by atoms with E-state index in [2.05, 4.69) is 0 Å². The standard InChI is InChI=1S/C22H23F3O2/c1-27-18-10-11-19(20(23)12-18)15-5-2-14(3-6-15)4-7-16-8-9-17(13-26)22(25)21(16)24/h4,7-12,14-15,26H,2-3,5-6,13H2,1H3. The van der Waals surface area contributed by atoms with Gasteiger partial charge in [-0.15, -0.1) is 0 Å². The van der Waals surface area contributed by atoms with Crippen LogP contribution in [0.2, 0.25) is 0 Å². The molecule has 0 radical (unpaired) electrons. The molecule has 1 aliphatic carbocycles. The highest BCUT2D eigenvalue weighted by molar-refractivity contribution is 5.51. The first-order chi connectivity index (χ1) is 13.0. The number of allylic oxidation sites excluding steroid dienone is 1. The fourth-order valence-corrected chi connectivity index (χ4v) is 3.68. The molecule has 1 N–H and O–H groups in total. The van der Waals surface area contributed by atoms with Crippen LogP contribution in [0, 0.1) is 23.4 Å². The van der Waals surface area contributed by atoms with Crippen LogP contribution in [0.15, 0.2) is 36.4 Å². The van der Waals surface area contributed by atoms with Crippen molar-refractivity contribution in [1.29, 1.82) is 0 Å². The summed E-state index contributed by atoms with van der Waals surface area (Å²) in [6.07, 6.45) is 6.92. The van der Waals surface area contributed by atoms with E-state index in [0.29, 0.717) is 11.3 Å². The van der Waals surface area contributed by atoms with Gasteiger partial charge < -0.3 is 9.84 Å². The van der Waals surface area contributed by atoms with Crippen molar-refractivity contribution in [3.63, 3.8) is 0 Å². The molecule has 1 fully saturated rings. The Labute approximate surface area is 157 Å². The number of hydrogen-bond donors (Lipinski definition) is 1. The molecule has 2 nitrogen and oxygen atoms in total. The lowest BCUT2D eigenvalue weighted by molar-refractivity contribution is 0.273. The molecule has 0 spiro atoms. The molecule has 144 valence electrons. The number of aliphatic hydroxyl groups is 1. The number of rotatable bonds is 5. The summed E-state index contributed by atoms with van der Waals surface area (Å²) >= 11 is 0. The van der Waals surface area contributed by atoms with Crippen molar-refractivity contribution in [2.24, 2.45) is 5.92 Å². The predicted octanol–water partition coefficient (Wildman–Crippen LogP) is 5.59. The summed E-state index contributed by atoms with van der Waals surface area (Å²) in [6, 6.07) is 7.84. The smallest absolute Gasteiger partial charge is 0.166 e. The third kappa shape index (κ3) is 4.35. The van der Waals surface area contributed by atoms with Crippen molar-refractivity contribution < 1.29 is 23.0 Å². The first kappa shape index (κ1) is 19.5. The molecule has 27 heavy (non-hydrogen) atoms. The fourth-order valence-electron chi connectivity index (χ4n) is 3.68. The number of aliphatic hydroxyl groups excluding tert-OH is 1. The molecule has 0 aromatic heterocycles. The predicted molar refractivity (Wildman–Crippen MR) is 99.0 cm³/mol. The van der Waals surface area contributed by atoms with E-state index in [0.717, 1.165) is 25.7 Å². The van der Waals surface area contributed by atoms with Gasteiger partial charge >= 0.3 is 0 Å². The Bertz CT molecular complexity index is 825. The summed E-state index contributed by atoms with van der Waals surface area (Å²) in [5.41, 5.74) is 0.839. The molecule has 0 amide bonds. The van der Waals surface area contributed by atoms with Gasteiger partial charge in [0.1, 0.15) is 11.6 Å². The molecule has 1 saturated carbocycles. The van der Waals surface area contributed by atoms with E-state index in [1.54, 1.807) is 18.2 Å². The molecule has 2 aromatic rings. The lowest BCUT2D eigenvalue weighted by atomic mass is 9.78. The lowest BCUT2D eigenvalue weighted by Crippen LogP contribution is -2.13. The molecular weight excluding hydrogens is 353 g/mol. The van der Waals surface area contributed by atoms with Gasteiger partial charge in [0.15, 0.2) is 11.6 Å². The Kier molecular flexibility index (Phi) is 6.22. The van der Waals surface area contributed by atoms with Crippen LogP contribution < -0.4 is 4.74 Å². The quantitative estimate of drug-likeness (QED) is 0.737. The molecule has 3 rings (SSSR count). The van der Waals surface area contributed by atoms with Crippen molar-refractivity contribution in [3.05, 3.63) is 70.5 Å². The third-order valence-electron chi connectivity index (χ3n) is 5.33. The Hall–Kier alpha value is -2.27. The number of halogens is 3. The van der Waals surface area contributed by atoms with E-state index in [4.69, 9.17) is 9.84 Å². The van der Waals surface area contributed by atoms with Crippen LogP contribution >= 0.6 is 0 Å². The average Bonchev–Trinajstić information content (AvgIpc) is 2.69. The van der Waals surface area contributed by atoms with Crippen LogP contribution in [0.5, 0.6) is 5.75 Å². The van der Waals surface area contributed by atoms with Crippen molar-refractivity contribution in [1.82, 2.24) is 0 Å². The fraction of sp³-hybridized carbons (Fsp3) is 0.364. The third-order valence-corrected chi connectivity index (χ3v) is 5.33. The Balaban J connectivity index is 1.63. The highest BCUT2D eigenvalue weighted by Crippen LogP contribution is 2.38. The summed E-state index contributed by atoms with van der Waals surface area (Å²) in [6.45, 7) is -0.529. The lowest BCUT2D eigenvalue weighted by Gasteiger charge is -2.27. The first-order valence-corrected chi connectivity index (χ1v) is 9.12. The summed E-state index contributed by atoms with van der Waals surface area (Å²) < 4.78 is 47.0. The Morgan fingerprint density at radius 2 is 1.78 bits per heavy atom. The van der Waals surface area contributed by atoms with Crippen molar-refractivity contribution in [2.45, 2.75) is 38.2 Å². The summed E-state index contributed by atoms with van der Waals surface area (Å²) in [5, 5.41) is 8.98. The number of methoxy groups -OCH3 is 1. The van der Waals surface area contributed by atoms with E-state index in [1.165, 1.54) is 25.3 Å². The van der Waals surface area contributed by atoms with Crippen LogP contribution in [-0.2, 0) is 6.61 Å². The molecule has 0 heterocycles. The van der Waals surface area contributed by atoms with Crippen molar-refractivity contribution in [2.75, 3.05) is 7.11 Å². The van der Waals surface area contributed by atoms with Crippen LogP contribution in [0.3, 0.4) is 0 Å². The second kappa shape index (κ2) is 8.61. The van der Waals surface area contributed by atoms with Crippen molar-refractivity contribution in [3.8, 4) is 5.75 Å². The molecule has 0 atom stereocenters. The van der Waals surface area contributed by atoms with Crippen molar-refractivity contribution >= 4 is 6.08 Å². The van der Waals surface area contributed by atoms with Gasteiger partial charge in [0.05, 0.1) is 13.7 Å². The van der Waals surface area contributed by atoms with Gasteiger partial charge in [0.2, 0.25) is 0 Å². The maximum atomic E-state index is 14.2. The molecular formula is C22H23F3O2. The van der Waals surface area contributed by atoms with Crippen LogP contribution in [0.1, 0.15) is 48.3 Å². The van der Waals surface area contributed by atoms with E-state index in [-0.39, 0.29) is 28.8 Å². The summed E-state index contributed by atoms with van der Waals surface area (Å²) in [4.78, 5) is 0. The zero-order valence-electron chi connectivity index (χ0n) is 15.2. The number of benzene rings is 2. The Morgan fingerprint density at radius 1 is 1.04 bits per heavy atom. The van der Waals surface area contributed by atoms with E-state index >= 15 is 0 Å². The van der Waals surface area contributed by atoms with Gasteiger partial charge in [-0.3, -0.25) is 0 Å². The maximum absolute atomic E-state index is 14.2. The van der Waals surface area contributed by atoms with Gasteiger partial charge in [0.25, 0.3) is 0 Å². The second-order valence-corrected chi connectivity index (χ2v) is 6.96. The number of ether oxygens (including phenoxy) is 1. The van der Waals surface area contributed by atoms with Gasteiger partial charge in [-0.25, -0.2) is 13.2 Å². The monoisotopic (exact) mass is 376 g/mol. The van der Waals surface area contributed by atoms with Crippen LogP contribution in [-0.4, -0.2) is 12.2 Å². The molecule has 0 aliphatic heterocycles. The minimum Gasteiger partial charge on any atom is -0.497 e. The first-order valence-electron chi connectivity index (χ1n) is 9.12. The van der Waals surface area contributed by atoms with E-state index in [1.807, 2.05) is 6.08 Å². The zero-order chi connectivity index (χ0) is 19.4. The maximum Gasteiger partial charge on any atom is 0.166 e. The molecule has 0 unspecified atom stereocenters. The van der Waals surface area contributed by atoms with Gasteiger partial charge in [0, 0.05) is 17.2 Å². The topological polar surface area (TPSA) is 29.5 Å². The zero-order valence-corrected chi connectivity index (χ0v) is 15.2. The summed E-state index contributed by atoms with van der Waals surface area (Å²) in [5.74, 6) is -1.25. The minimum atomic E-state index is -1.00. The van der Waals surface area contributed by atoms with Gasteiger partial charge in [-0.1, -0.05) is 30.4 Å². The highest BCUT2D eigenvalue weighted by atomic mass is 19.2. The SMILES string of the molecule is COc1ccc(C2CCC(C=Cc3ccc(CO)c(F)c3F)CC2)c(F)c1. The van der Waals surface area contributed by atoms with E-state index in [9.17, 15) is 13.2 Å². The largest absolute Gasteiger partial charge is 0.497 e. The number of hydrogen-bond acceptors (Lipinski definition) is 2. The average molecular weight is 376 g/mol. The molecule has 5 heteroatoms. The van der Waals surface area contributed by atoms with E-state index < -0.39 is 18.2 Å². The second-order valence-electron chi connectivity index (χ2n) is 6.96. The molecule has 0 bridgehead atoms. The molecule has 0 saturated heterocycles. The van der Waals surface area contributed by atoms with Gasteiger partial charge in [-0.2, -0.15) is 0 Å². The minimum absolute atomic E-state index is 0.0494. The summed E-state index contributed by atoms with van der Waals surface area (Å²) in [7, 11) is 1.51. The molecule has 2 aromatic carbocycles. The molecule has 1 aliphatic rings. The van der Waals surface area contributed by atoms with Crippen LogP contribution in [0.4, 0.5) is 13.2 Å².